The maximum Gasteiger partial charge on any atom is 0.314 e. The molecule has 0 aliphatic rings. The molecule has 0 aliphatic carbocycles. The molecule has 0 radical (unpaired) electrons. The first-order chi connectivity index (χ1) is 7.67. The van der Waals surface area contributed by atoms with Crippen LogP contribution in [0.2, 0.25) is 5.02 Å². The Labute approximate surface area is 99.9 Å². The van der Waals surface area contributed by atoms with Crippen LogP contribution in [0, 0.1) is 0 Å². The SMILES string of the molecule is CNC(=O)NCCc1ccc(OC)c(Cl)c1. The normalized spacial score (nSPS) is 9.69. The highest BCUT2D eigenvalue weighted by molar-refractivity contribution is 6.32. The van der Waals surface area contributed by atoms with E-state index in [1.807, 2.05) is 18.2 Å². The van der Waals surface area contributed by atoms with Crippen molar-refractivity contribution >= 4 is 17.6 Å². The van der Waals surface area contributed by atoms with E-state index in [0.29, 0.717) is 17.3 Å². The molecule has 88 valence electrons. The highest BCUT2D eigenvalue weighted by atomic mass is 35.5. The Bertz CT molecular complexity index is 369. The van der Waals surface area contributed by atoms with Crippen molar-refractivity contribution in [3.63, 3.8) is 0 Å². The van der Waals surface area contributed by atoms with E-state index in [9.17, 15) is 4.79 Å². The standard InChI is InChI=1S/C11H15ClN2O2/c1-13-11(15)14-6-5-8-3-4-10(16-2)9(12)7-8/h3-4,7H,5-6H2,1-2H3,(H2,13,14,15). The molecule has 0 aliphatic heterocycles. The molecule has 2 amide bonds. The fourth-order valence-corrected chi connectivity index (χ4v) is 1.55. The van der Waals surface area contributed by atoms with Gasteiger partial charge in [-0.05, 0) is 24.1 Å². The molecule has 1 aromatic carbocycles. The Morgan fingerprint density at radius 2 is 2.25 bits per heavy atom. The molecule has 0 bridgehead atoms. The third-order valence-corrected chi connectivity index (χ3v) is 2.44. The van der Waals surface area contributed by atoms with Crippen molar-refractivity contribution in [1.82, 2.24) is 10.6 Å². The van der Waals surface area contributed by atoms with Crippen LogP contribution in [0.15, 0.2) is 18.2 Å². The fourth-order valence-electron chi connectivity index (χ4n) is 1.27. The fraction of sp³-hybridized carbons (Fsp3) is 0.364. The largest absolute Gasteiger partial charge is 0.495 e. The number of hydrogen-bond acceptors (Lipinski definition) is 2. The second-order valence-electron chi connectivity index (χ2n) is 3.22. The van der Waals surface area contributed by atoms with Gasteiger partial charge in [-0.15, -0.1) is 0 Å². The molecule has 0 saturated carbocycles. The quantitative estimate of drug-likeness (QED) is 0.846. The van der Waals surface area contributed by atoms with Gasteiger partial charge in [0.05, 0.1) is 12.1 Å². The summed E-state index contributed by atoms with van der Waals surface area (Å²) >= 11 is 5.97. The van der Waals surface area contributed by atoms with E-state index >= 15 is 0 Å². The first-order valence-electron chi connectivity index (χ1n) is 4.95. The molecular formula is C11H15ClN2O2. The lowest BCUT2D eigenvalue weighted by molar-refractivity contribution is 0.243. The number of carbonyl (C=O) groups excluding carboxylic acids is 1. The van der Waals surface area contributed by atoms with E-state index in [4.69, 9.17) is 16.3 Å². The predicted molar refractivity (Wildman–Crippen MR) is 64.2 cm³/mol. The molecule has 4 nitrogen and oxygen atoms in total. The number of nitrogens with one attached hydrogen (secondary N) is 2. The van der Waals surface area contributed by atoms with E-state index in [1.54, 1.807) is 14.2 Å². The van der Waals surface area contributed by atoms with Crippen molar-refractivity contribution in [2.45, 2.75) is 6.42 Å². The predicted octanol–water partition coefficient (Wildman–Crippen LogP) is 1.82. The van der Waals surface area contributed by atoms with Crippen LogP contribution >= 0.6 is 11.6 Å². The lowest BCUT2D eigenvalue weighted by Crippen LogP contribution is -2.33. The maximum absolute atomic E-state index is 10.9. The monoisotopic (exact) mass is 242 g/mol. The van der Waals surface area contributed by atoms with Crippen molar-refractivity contribution in [2.75, 3.05) is 20.7 Å². The lowest BCUT2D eigenvalue weighted by atomic mass is 10.1. The molecule has 0 fully saturated rings. The zero-order valence-electron chi connectivity index (χ0n) is 9.34. The minimum absolute atomic E-state index is 0.181. The summed E-state index contributed by atoms with van der Waals surface area (Å²) in [6.07, 6.45) is 0.733. The smallest absolute Gasteiger partial charge is 0.314 e. The summed E-state index contributed by atoms with van der Waals surface area (Å²) in [6.45, 7) is 0.572. The minimum atomic E-state index is -0.181. The van der Waals surface area contributed by atoms with Gasteiger partial charge < -0.3 is 15.4 Å². The van der Waals surface area contributed by atoms with Crippen LogP contribution in [0.5, 0.6) is 5.75 Å². The Morgan fingerprint density at radius 3 is 2.81 bits per heavy atom. The number of rotatable bonds is 4. The van der Waals surface area contributed by atoms with Gasteiger partial charge in [-0.1, -0.05) is 17.7 Å². The summed E-state index contributed by atoms with van der Waals surface area (Å²) < 4.78 is 5.05. The molecule has 0 saturated heterocycles. The highest BCUT2D eigenvalue weighted by Crippen LogP contribution is 2.24. The lowest BCUT2D eigenvalue weighted by Gasteiger charge is -2.07. The van der Waals surface area contributed by atoms with Gasteiger partial charge in [0.15, 0.2) is 0 Å². The number of amides is 2. The molecule has 1 rings (SSSR count). The third-order valence-electron chi connectivity index (χ3n) is 2.14. The summed E-state index contributed by atoms with van der Waals surface area (Å²) in [5.74, 6) is 0.657. The number of carbonyl (C=O) groups is 1. The van der Waals surface area contributed by atoms with Gasteiger partial charge in [0.1, 0.15) is 5.75 Å². The molecule has 0 unspecified atom stereocenters. The van der Waals surface area contributed by atoms with Gasteiger partial charge >= 0.3 is 6.03 Å². The van der Waals surface area contributed by atoms with Crippen LogP contribution in [0.25, 0.3) is 0 Å². The van der Waals surface area contributed by atoms with Gasteiger partial charge in [-0.25, -0.2) is 4.79 Å². The van der Waals surface area contributed by atoms with Gasteiger partial charge in [0.2, 0.25) is 0 Å². The van der Waals surface area contributed by atoms with E-state index in [0.717, 1.165) is 12.0 Å². The van der Waals surface area contributed by atoms with E-state index in [-0.39, 0.29) is 6.03 Å². The summed E-state index contributed by atoms with van der Waals surface area (Å²) in [5, 5.41) is 5.77. The van der Waals surface area contributed by atoms with Crippen molar-refractivity contribution in [2.24, 2.45) is 0 Å². The Morgan fingerprint density at radius 1 is 1.50 bits per heavy atom. The van der Waals surface area contributed by atoms with Crippen molar-refractivity contribution < 1.29 is 9.53 Å². The molecule has 16 heavy (non-hydrogen) atoms. The Hall–Kier alpha value is -1.42. The van der Waals surface area contributed by atoms with Gasteiger partial charge in [-0.2, -0.15) is 0 Å². The molecule has 0 atom stereocenters. The van der Waals surface area contributed by atoms with Crippen LogP contribution in [-0.2, 0) is 6.42 Å². The highest BCUT2D eigenvalue weighted by Gasteiger charge is 2.02. The molecule has 1 aromatic rings. The Balaban J connectivity index is 2.49. The molecular weight excluding hydrogens is 228 g/mol. The maximum atomic E-state index is 10.9. The third kappa shape index (κ3) is 3.62. The van der Waals surface area contributed by atoms with Crippen molar-refractivity contribution in [3.05, 3.63) is 28.8 Å². The second-order valence-corrected chi connectivity index (χ2v) is 3.63. The van der Waals surface area contributed by atoms with Crippen LogP contribution in [-0.4, -0.2) is 26.7 Å². The van der Waals surface area contributed by atoms with Crippen LogP contribution in [0.3, 0.4) is 0 Å². The van der Waals surface area contributed by atoms with Gasteiger partial charge in [0.25, 0.3) is 0 Å². The van der Waals surface area contributed by atoms with E-state index in [2.05, 4.69) is 10.6 Å². The van der Waals surface area contributed by atoms with E-state index < -0.39 is 0 Å². The van der Waals surface area contributed by atoms with Gasteiger partial charge in [-0.3, -0.25) is 0 Å². The van der Waals surface area contributed by atoms with Crippen LogP contribution in [0.1, 0.15) is 5.56 Å². The zero-order chi connectivity index (χ0) is 12.0. The summed E-state index contributed by atoms with van der Waals surface area (Å²) in [6, 6.07) is 5.40. The minimum Gasteiger partial charge on any atom is -0.495 e. The summed E-state index contributed by atoms with van der Waals surface area (Å²) in [5.41, 5.74) is 1.06. The molecule has 5 heteroatoms. The number of urea groups is 1. The summed E-state index contributed by atoms with van der Waals surface area (Å²) in [4.78, 5) is 10.9. The van der Waals surface area contributed by atoms with Crippen LogP contribution < -0.4 is 15.4 Å². The van der Waals surface area contributed by atoms with Crippen molar-refractivity contribution in [3.8, 4) is 5.75 Å². The first kappa shape index (κ1) is 12.6. The molecule has 0 aromatic heterocycles. The number of hydrogen-bond donors (Lipinski definition) is 2. The number of halogens is 1. The molecule has 0 heterocycles. The summed E-state index contributed by atoms with van der Waals surface area (Å²) in [7, 11) is 3.16. The zero-order valence-corrected chi connectivity index (χ0v) is 10.1. The Kier molecular flexibility index (Phi) is 4.92. The molecule has 2 N–H and O–H groups in total. The number of benzene rings is 1. The average molecular weight is 243 g/mol. The molecule has 0 spiro atoms. The number of ether oxygens (including phenoxy) is 1. The number of methoxy groups -OCH3 is 1. The first-order valence-corrected chi connectivity index (χ1v) is 5.33. The average Bonchev–Trinajstić information content (AvgIpc) is 2.29. The topological polar surface area (TPSA) is 50.4 Å². The van der Waals surface area contributed by atoms with Gasteiger partial charge in [0, 0.05) is 13.6 Å². The van der Waals surface area contributed by atoms with Crippen molar-refractivity contribution in [1.29, 1.82) is 0 Å². The second kappa shape index (κ2) is 6.23. The van der Waals surface area contributed by atoms with Crippen LogP contribution in [0.4, 0.5) is 4.79 Å². The van der Waals surface area contributed by atoms with E-state index in [1.165, 1.54) is 0 Å².